The minimum atomic E-state index is -0.266. The Hall–Kier alpha value is -1.98. The second kappa shape index (κ2) is 7.57. The number of benzene rings is 2. The number of alkyl halides is 1. The van der Waals surface area contributed by atoms with Gasteiger partial charge in [0.2, 0.25) is 0 Å². The monoisotopic (exact) mass is 288 g/mol. The number of hydrogen-bond acceptors (Lipinski definition) is 1. The van der Waals surface area contributed by atoms with Gasteiger partial charge >= 0.3 is 0 Å². The summed E-state index contributed by atoms with van der Waals surface area (Å²) in [5.41, 5.74) is 1.31. The first-order valence-corrected chi connectivity index (χ1v) is 6.85. The molecule has 102 valence electrons. The normalized spacial score (nSPS) is 9.70. The Balaban J connectivity index is 2.10. The van der Waals surface area contributed by atoms with Gasteiger partial charge < -0.3 is 4.74 Å². The molecule has 2 aromatic carbocycles. The molecule has 0 amide bonds. The summed E-state index contributed by atoms with van der Waals surface area (Å²) in [6.07, 6.45) is 0.628. The molecule has 3 heteroatoms. The van der Waals surface area contributed by atoms with Crippen LogP contribution in [0.15, 0.2) is 48.5 Å². The van der Waals surface area contributed by atoms with Crippen LogP contribution in [0.3, 0.4) is 0 Å². The first-order valence-electron chi connectivity index (χ1n) is 6.31. The lowest BCUT2D eigenvalue weighted by Crippen LogP contribution is -1.99. The van der Waals surface area contributed by atoms with E-state index in [1.165, 1.54) is 6.07 Å². The molecular formula is C17H14ClFO. The lowest BCUT2D eigenvalue weighted by molar-refractivity contribution is 0.299. The van der Waals surface area contributed by atoms with Gasteiger partial charge in [-0.05, 0) is 18.2 Å². The van der Waals surface area contributed by atoms with Crippen LogP contribution in [0.1, 0.15) is 17.5 Å². The molecule has 0 heterocycles. The van der Waals surface area contributed by atoms with E-state index >= 15 is 0 Å². The predicted molar refractivity (Wildman–Crippen MR) is 79.4 cm³/mol. The standard InChI is InChI=1S/C17H14ClFO/c18-12-6-5-8-14-7-2-4-11-17(14)20-13-15-9-1-3-10-16(15)19/h1-4,7,9-11H,6,12-13H2. The molecule has 2 aromatic rings. The van der Waals surface area contributed by atoms with E-state index in [9.17, 15) is 4.39 Å². The lowest BCUT2D eigenvalue weighted by atomic mass is 10.2. The minimum Gasteiger partial charge on any atom is -0.487 e. The van der Waals surface area contributed by atoms with Crippen molar-refractivity contribution in [2.24, 2.45) is 0 Å². The van der Waals surface area contributed by atoms with Crippen molar-refractivity contribution in [2.75, 3.05) is 5.88 Å². The Morgan fingerprint density at radius 1 is 1.05 bits per heavy atom. The summed E-state index contributed by atoms with van der Waals surface area (Å²) in [5, 5.41) is 0. The highest BCUT2D eigenvalue weighted by Gasteiger charge is 2.04. The third-order valence-corrected chi connectivity index (χ3v) is 2.86. The summed E-state index contributed by atoms with van der Waals surface area (Å²) in [7, 11) is 0. The van der Waals surface area contributed by atoms with E-state index < -0.39 is 0 Å². The van der Waals surface area contributed by atoms with Crippen LogP contribution in [-0.2, 0) is 6.61 Å². The van der Waals surface area contributed by atoms with Crippen molar-refractivity contribution in [1.29, 1.82) is 0 Å². The van der Waals surface area contributed by atoms with Gasteiger partial charge in [-0.1, -0.05) is 42.2 Å². The molecule has 0 atom stereocenters. The molecule has 0 spiro atoms. The van der Waals surface area contributed by atoms with E-state index in [1.807, 2.05) is 24.3 Å². The van der Waals surface area contributed by atoms with Gasteiger partial charge in [0.05, 0.1) is 5.56 Å². The van der Waals surface area contributed by atoms with Gasteiger partial charge in [0.25, 0.3) is 0 Å². The quantitative estimate of drug-likeness (QED) is 0.599. The summed E-state index contributed by atoms with van der Waals surface area (Å²) < 4.78 is 19.2. The van der Waals surface area contributed by atoms with Crippen LogP contribution in [0.2, 0.25) is 0 Å². The molecule has 0 aliphatic carbocycles. The first kappa shape index (κ1) is 14.4. The Morgan fingerprint density at radius 3 is 2.60 bits per heavy atom. The van der Waals surface area contributed by atoms with Crippen molar-refractivity contribution >= 4 is 11.6 Å². The van der Waals surface area contributed by atoms with Gasteiger partial charge in [0.15, 0.2) is 0 Å². The molecular weight excluding hydrogens is 275 g/mol. The van der Waals surface area contributed by atoms with Crippen LogP contribution in [0.25, 0.3) is 0 Å². The lowest BCUT2D eigenvalue weighted by Gasteiger charge is -2.08. The fraction of sp³-hybridized carbons (Fsp3) is 0.176. The maximum atomic E-state index is 13.5. The third-order valence-electron chi connectivity index (χ3n) is 2.67. The predicted octanol–water partition coefficient (Wildman–Crippen LogP) is 4.39. The van der Waals surface area contributed by atoms with E-state index in [0.29, 0.717) is 23.6 Å². The minimum absolute atomic E-state index is 0.181. The summed E-state index contributed by atoms with van der Waals surface area (Å²) in [6.45, 7) is 0.181. The van der Waals surface area contributed by atoms with Crippen molar-refractivity contribution in [1.82, 2.24) is 0 Å². The van der Waals surface area contributed by atoms with E-state index in [-0.39, 0.29) is 12.4 Å². The zero-order valence-corrected chi connectivity index (χ0v) is 11.7. The summed E-state index contributed by atoms with van der Waals surface area (Å²) >= 11 is 5.59. The highest BCUT2D eigenvalue weighted by molar-refractivity contribution is 6.18. The molecule has 0 unspecified atom stereocenters. The SMILES string of the molecule is Fc1ccccc1COc1ccccc1C#CCCCl. The van der Waals surface area contributed by atoms with E-state index in [0.717, 1.165) is 5.56 Å². The maximum absolute atomic E-state index is 13.5. The molecule has 0 aliphatic rings. The first-order chi connectivity index (χ1) is 9.81. The molecule has 0 bridgehead atoms. The molecule has 0 fully saturated rings. The average Bonchev–Trinajstić information content (AvgIpc) is 2.48. The number of para-hydroxylation sites is 1. The number of ether oxygens (including phenoxy) is 1. The van der Waals surface area contributed by atoms with Crippen LogP contribution >= 0.6 is 11.6 Å². The Morgan fingerprint density at radius 2 is 1.80 bits per heavy atom. The summed E-state index contributed by atoms with van der Waals surface area (Å²) in [5.74, 6) is 6.87. The van der Waals surface area contributed by atoms with Crippen molar-refractivity contribution in [2.45, 2.75) is 13.0 Å². The van der Waals surface area contributed by atoms with Gasteiger partial charge in [0, 0.05) is 17.9 Å². The van der Waals surface area contributed by atoms with Crippen molar-refractivity contribution in [3.63, 3.8) is 0 Å². The molecule has 1 nitrogen and oxygen atoms in total. The topological polar surface area (TPSA) is 9.23 Å². The molecule has 20 heavy (non-hydrogen) atoms. The molecule has 0 saturated carbocycles. The molecule has 0 N–H and O–H groups in total. The van der Waals surface area contributed by atoms with Crippen molar-refractivity contribution < 1.29 is 9.13 Å². The van der Waals surface area contributed by atoms with Crippen LogP contribution in [0, 0.1) is 17.7 Å². The van der Waals surface area contributed by atoms with Gasteiger partial charge in [-0.3, -0.25) is 0 Å². The van der Waals surface area contributed by atoms with E-state index in [2.05, 4.69) is 11.8 Å². The largest absolute Gasteiger partial charge is 0.487 e. The Kier molecular flexibility index (Phi) is 5.46. The Labute approximate surface area is 123 Å². The van der Waals surface area contributed by atoms with Crippen molar-refractivity contribution in [3.05, 3.63) is 65.5 Å². The summed E-state index contributed by atoms with van der Waals surface area (Å²) in [4.78, 5) is 0. The average molecular weight is 289 g/mol. The second-order valence-corrected chi connectivity index (χ2v) is 4.49. The van der Waals surface area contributed by atoms with Gasteiger partial charge in [-0.2, -0.15) is 0 Å². The Bertz CT molecular complexity index is 628. The third kappa shape index (κ3) is 4.01. The van der Waals surface area contributed by atoms with Crippen LogP contribution < -0.4 is 4.74 Å². The van der Waals surface area contributed by atoms with Gasteiger partial charge in [-0.15, -0.1) is 11.6 Å². The molecule has 0 saturated heterocycles. The van der Waals surface area contributed by atoms with Gasteiger partial charge in [-0.25, -0.2) is 4.39 Å². The number of hydrogen-bond donors (Lipinski definition) is 0. The van der Waals surface area contributed by atoms with Crippen LogP contribution in [0.4, 0.5) is 4.39 Å². The second-order valence-electron chi connectivity index (χ2n) is 4.12. The smallest absolute Gasteiger partial charge is 0.135 e. The fourth-order valence-corrected chi connectivity index (χ4v) is 1.77. The zero-order valence-electron chi connectivity index (χ0n) is 10.9. The number of rotatable bonds is 4. The summed E-state index contributed by atoms with van der Waals surface area (Å²) in [6, 6.07) is 14.0. The zero-order chi connectivity index (χ0) is 14.2. The molecule has 2 rings (SSSR count). The van der Waals surface area contributed by atoms with E-state index in [1.54, 1.807) is 18.2 Å². The highest BCUT2D eigenvalue weighted by Crippen LogP contribution is 2.19. The van der Waals surface area contributed by atoms with Gasteiger partial charge in [0.1, 0.15) is 18.2 Å². The molecule has 0 aromatic heterocycles. The van der Waals surface area contributed by atoms with Crippen LogP contribution in [0.5, 0.6) is 5.75 Å². The van der Waals surface area contributed by atoms with E-state index in [4.69, 9.17) is 16.3 Å². The molecule has 0 aliphatic heterocycles. The maximum Gasteiger partial charge on any atom is 0.135 e. The van der Waals surface area contributed by atoms with Crippen LogP contribution in [-0.4, -0.2) is 5.88 Å². The van der Waals surface area contributed by atoms with Crippen molar-refractivity contribution in [3.8, 4) is 17.6 Å². The molecule has 0 radical (unpaired) electrons. The fourth-order valence-electron chi connectivity index (χ4n) is 1.67. The number of halogens is 2. The highest BCUT2D eigenvalue weighted by atomic mass is 35.5.